The number of ether oxygens (including phenoxy) is 2. The molecule has 1 heterocycles. The minimum Gasteiger partial charge on any atom is -0.496 e. The van der Waals surface area contributed by atoms with Gasteiger partial charge in [-0.25, -0.2) is 4.39 Å². The molecule has 1 aliphatic heterocycles. The highest BCUT2D eigenvalue weighted by Gasteiger charge is 2.40. The molecule has 1 N–H and O–H groups in total. The Kier molecular flexibility index (Phi) is 4.48. The molecule has 0 aromatic heterocycles. The van der Waals surface area contributed by atoms with E-state index in [2.05, 4.69) is 28.2 Å². The van der Waals surface area contributed by atoms with Gasteiger partial charge >= 0.3 is 0 Å². The molecule has 0 radical (unpaired) electrons. The first-order chi connectivity index (χ1) is 9.01. The van der Waals surface area contributed by atoms with Crippen LogP contribution in [-0.4, -0.2) is 26.4 Å². The topological polar surface area (TPSA) is 30.5 Å². The molecule has 0 amide bonds. The molecule has 3 nitrogen and oxygen atoms in total. The number of methoxy groups -OCH3 is 1. The molecule has 1 aromatic carbocycles. The van der Waals surface area contributed by atoms with Crippen molar-refractivity contribution in [2.24, 2.45) is 0 Å². The summed E-state index contributed by atoms with van der Waals surface area (Å²) in [4.78, 5) is 0. The molecule has 1 saturated heterocycles. The van der Waals surface area contributed by atoms with Crippen molar-refractivity contribution in [2.45, 2.75) is 31.4 Å². The third kappa shape index (κ3) is 2.78. The van der Waals surface area contributed by atoms with Crippen LogP contribution in [0.25, 0.3) is 0 Å². The first kappa shape index (κ1) is 14.8. The summed E-state index contributed by atoms with van der Waals surface area (Å²) in [7, 11) is 3.44. The highest BCUT2D eigenvalue weighted by atomic mass is 79.9. The van der Waals surface area contributed by atoms with Gasteiger partial charge in [0.25, 0.3) is 0 Å². The van der Waals surface area contributed by atoms with Crippen molar-refractivity contribution in [1.82, 2.24) is 5.32 Å². The molecule has 106 valence electrons. The first-order valence-electron chi connectivity index (χ1n) is 6.36. The molecule has 2 unspecified atom stereocenters. The fraction of sp³-hybridized carbons (Fsp3) is 0.571. The summed E-state index contributed by atoms with van der Waals surface area (Å²) in [5.74, 6) is 0.213. The lowest BCUT2D eigenvalue weighted by atomic mass is 9.87. The molecular weight excluding hydrogens is 313 g/mol. The Morgan fingerprint density at radius 1 is 1.53 bits per heavy atom. The third-order valence-electron chi connectivity index (χ3n) is 3.73. The maximum absolute atomic E-state index is 13.6. The fourth-order valence-corrected chi connectivity index (χ4v) is 3.13. The Morgan fingerprint density at radius 2 is 2.26 bits per heavy atom. The van der Waals surface area contributed by atoms with Crippen molar-refractivity contribution in [1.29, 1.82) is 0 Å². The van der Waals surface area contributed by atoms with Gasteiger partial charge in [0, 0.05) is 18.2 Å². The van der Waals surface area contributed by atoms with Crippen LogP contribution in [0.2, 0.25) is 0 Å². The van der Waals surface area contributed by atoms with Gasteiger partial charge in [-0.15, -0.1) is 0 Å². The van der Waals surface area contributed by atoms with Crippen LogP contribution in [0.3, 0.4) is 0 Å². The van der Waals surface area contributed by atoms with Crippen molar-refractivity contribution in [3.63, 3.8) is 0 Å². The van der Waals surface area contributed by atoms with Crippen LogP contribution >= 0.6 is 15.9 Å². The van der Waals surface area contributed by atoms with Crippen LogP contribution in [0.4, 0.5) is 4.39 Å². The lowest BCUT2D eigenvalue weighted by molar-refractivity contribution is -0.0110. The number of nitrogens with one attached hydrogen (secondary N) is 1. The molecule has 2 atom stereocenters. The van der Waals surface area contributed by atoms with Crippen molar-refractivity contribution < 1.29 is 13.9 Å². The number of hydrogen-bond donors (Lipinski definition) is 1. The number of hydrogen-bond acceptors (Lipinski definition) is 3. The Hall–Kier alpha value is -0.650. The predicted octanol–water partition coefficient (Wildman–Crippen LogP) is 3.43. The zero-order chi connectivity index (χ0) is 14.0. The SMILES string of the molecule is CNC(c1cc(Br)c(F)cc1OC)C1(C)CCCO1. The molecule has 19 heavy (non-hydrogen) atoms. The molecule has 0 bridgehead atoms. The van der Waals surface area contributed by atoms with Crippen LogP contribution in [0.1, 0.15) is 31.4 Å². The van der Waals surface area contributed by atoms with Gasteiger partial charge in [0.1, 0.15) is 11.6 Å². The van der Waals surface area contributed by atoms with Crippen LogP contribution in [0.15, 0.2) is 16.6 Å². The van der Waals surface area contributed by atoms with E-state index in [1.54, 1.807) is 13.2 Å². The summed E-state index contributed by atoms with van der Waals surface area (Å²) in [6, 6.07) is 3.13. The van der Waals surface area contributed by atoms with Crippen molar-refractivity contribution >= 4 is 15.9 Å². The lowest BCUT2D eigenvalue weighted by Crippen LogP contribution is -2.39. The Labute approximate surface area is 121 Å². The van der Waals surface area contributed by atoms with E-state index in [-0.39, 0.29) is 17.5 Å². The van der Waals surface area contributed by atoms with E-state index >= 15 is 0 Å². The maximum Gasteiger partial charge on any atom is 0.141 e. The average molecular weight is 332 g/mol. The van der Waals surface area contributed by atoms with E-state index in [0.717, 1.165) is 25.0 Å². The van der Waals surface area contributed by atoms with Crippen molar-refractivity contribution in [3.8, 4) is 5.75 Å². The standard InChI is InChI=1S/C14H19BrFNO2/c1-14(5-4-6-19-14)13(17-2)9-7-10(15)11(16)8-12(9)18-3/h7-8,13,17H,4-6H2,1-3H3. The largest absolute Gasteiger partial charge is 0.496 e. The highest BCUT2D eigenvalue weighted by molar-refractivity contribution is 9.10. The fourth-order valence-electron chi connectivity index (χ4n) is 2.76. The smallest absolute Gasteiger partial charge is 0.141 e. The first-order valence-corrected chi connectivity index (χ1v) is 7.15. The van der Waals surface area contributed by atoms with Gasteiger partial charge in [0.2, 0.25) is 0 Å². The summed E-state index contributed by atoms with van der Waals surface area (Å²) < 4.78 is 25.2. The second kappa shape index (κ2) is 5.77. The van der Waals surface area contributed by atoms with E-state index in [0.29, 0.717) is 10.2 Å². The van der Waals surface area contributed by atoms with Gasteiger partial charge in [0.05, 0.1) is 23.2 Å². The summed E-state index contributed by atoms with van der Waals surface area (Å²) in [5.41, 5.74) is 0.613. The Bertz CT molecular complexity index is 461. The average Bonchev–Trinajstić information content (AvgIpc) is 2.81. The normalized spacial score (nSPS) is 24.5. The number of rotatable bonds is 4. The summed E-state index contributed by atoms with van der Waals surface area (Å²) in [5, 5.41) is 3.27. The third-order valence-corrected chi connectivity index (χ3v) is 4.34. The van der Waals surface area contributed by atoms with Crippen LogP contribution in [0, 0.1) is 5.82 Å². The zero-order valence-corrected chi connectivity index (χ0v) is 13.0. The minimum absolute atomic E-state index is 0.0400. The number of likely N-dealkylation sites (N-methyl/N-ethyl adjacent to an activating group) is 1. The van der Waals surface area contributed by atoms with Gasteiger partial charge in [-0.1, -0.05) is 0 Å². The molecular formula is C14H19BrFNO2. The van der Waals surface area contributed by atoms with Crippen molar-refractivity contribution in [3.05, 3.63) is 28.0 Å². The van der Waals surface area contributed by atoms with E-state index in [1.165, 1.54) is 6.07 Å². The zero-order valence-electron chi connectivity index (χ0n) is 11.4. The molecule has 5 heteroatoms. The lowest BCUT2D eigenvalue weighted by Gasteiger charge is -2.34. The summed E-state index contributed by atoms with van der Waals surface area (Å²) in [6.45, 7) is 2.84. The van der Waals surface area contributed by atoms with Gasteiger partial charge in [0.15, 0.2) is 0 Å². The summed E-state index contributed by atoms with van der Waals surface area (Å²) >= 11 is 3.23. The molecule has 0 aliphatic carbocycles. The second-order valence-corrected chi connectivity index (χ2v) is 5.85. The van der Waals surface area contributed by atoms with E-state index in [1.807, 2.05) is 7.05 Å². The predicted molar refractivity (Wildman–Crippen MR) is 76.0 cm³/mol. The van der Waals surface area contributed by atoms with Gasteiger partial charge < -0.3 is 14.8 Å². The van der Waals surface area contributed by atoms with Gasteiger partial charge in [-0.05, 0) is 48.8 Å². The van der Waals surface area contributed by atoms with E-state index < -0.39 is 0 Å². The number of halogens is 2. The second-order valence-electron chi connectivity index (χ2n) is 4.99. The van der Waals surface area contributed by atoms with Gasteiger partial charge in [-0.3, -0.25) is 0 Å². The highest BCUT2D eigenvalue weighted by Crippen LogP contribution is 2.41. The molecule has 0 spiro atoms. The minimum atomic E-state index is -0.326. The Balaban J connectivity index is 2.45. The molecule has 1 aromatic rings. The quantitative estimate of drug-likeness (QED) is 0.916. The van der Waals surface area contributed by atoms with Crippen LogP contribution in [-0.2, 0) is 4.74 Å². The maximum atomic E-state index is 13.6. The van der Waals surface area contributed by atoms with Crippen molar-refractivity contribution in [2.75, 3.05) is 20.8 Å². The van der Waals surface area contributed by atoms with E-state index in [9.17, 15) is 4.39 Å². The Morgan fingerprint density at radius 3 is 2.79 bits per heavy atom. The van der Waals surface area contributed by atoms with Crippen LogP contribution in [0.5, 0.6) is 5.75 Å². The monoisotopic (exact) mass is 331 g/mol. The molecule has 1 aliphatic rings. The molecule has 2 rings (SSSR count). The van der Waals surface area contributed by atoms with Crippen LogP contribution < -0.4 is 10.1 Å². The van der Waals surface area contributed by atoms with Gasteiger partial charge in [-0.2, -0.15) is 0 Å². The van der Waals surface area contributed by atoms with E-state index in [4.69, 9.17) is 9.47 Å². The molecule has 1 fully saturated rings. The summed E-state index contributed by atoms with van der Waals surface area (Å²) in [6.07, 6.45) is 2.01. The molecule has 0 saturated carbocycles. The number of benzene rings is 1.